The van der Waals surface area contributed by atoms with E-state index in [2.05, 4.69) is 0 Å². The quantitative estimate of drug-likeness (QED) is 0.481. The fraction of sp³-hybridized carbons (Fsp3) is 0.211. The highest BCUT2D eigenvalue weighted by molar-refractivity contribution is 6.36. The monoisotopic (exact) mass is 326 g/mol. The molecule has 0 aromatic heterocycles. The van der Waals surface area contributed by atoms with Crippen LogP contribution in [0.1, 0.15) is 35.2 Å². The number of rotatable bonds is 7. The zero-order valence-electron chi connectivity index (χ0n) is 13.3. The van der Waals surface area contributed by atoms with Crippen molar-refractivity contribution in [3.05, 3.63) is 65.7 Å². The second-order valence-corrected chi connectivity index (χ2v) is 5.22. The molecule has 0 radical (unpaired) electrons. The molecule has 0 aliphatic heterocycles. The van der Waals surface area contributed by atoms with Gasteiger partial charge in [-0.05, 0) is 24.6 Å². The molecule has 5 nitrogen and oxygen atoms in total. The van der Waals surface area contributed by atoms with Gasteiger partial charge >= 0.3 is 5.97 Å². The molecule has 0 aliphatic carbocycles. The van der Waals surface area contributed by atoms with Crippen LogP contribution in [0.3, 0.4) is 0 Å². The summed E-state index contributed by atoms with van der Waals surface area (Å²) in [6.45, 7) is 1.69. The van der Waals surface area contributed by atoms with Gasteiger partial charge in [-0.25, -0.2) is 4.79 Å². The molecule has 0 spiro atoms. The summed E-state index contributed by atoms with van der Waals surface area (Å²) in [6, 6.07) is 14.4. The summed E-state index contributed by atoms with van der Waals surface area (Å²) in [7, 11) is 0. The third-order valence-corrected chi connectivity index (χ3v) is 3.57. The molecule has 0 bridgehead atoms. The molecule has 24 heavy (non-hydrogen) atoms. The van der Waals surface area contributed by atoms with E-state index in [1.807, 2.05) is 0 Å². The molecule has 1 unspecified atom stereocenters. The average Bonchev–Trinajstić information content (AvgIpc) is 2.60. The Balaban J connectivity index is 2.28. The number of hydrogen-bond donors (Lipinski definition) is 1. The van der Waals surface area contributed by atoms with Gasteiger partial charge in [-0.1, -0.05) is 42.5 Å². The van der Waals surface area contributed by atoms with Gasteiger partial charge in [0.1, 0.15) is 5.75 Å². The molecule has 0 amide bonds. The van der Waals surface area contributed by atoms with Crippen LogP contribution in [0.25, 0.3) is 0 Å². The molecule has 0 fully saturated rings. The molecular weight excluding hydrogens is 308 g/mol. The van der Waals surface area contributed by atoms with E-state index in [0.717, 1.165) is 0 Å². The molecular formula is C19H18O5. The second-order valence-electron chi connectivity index (χ2n) is 5.22. The third-order valence-electron chi connectivity index (χ3n) is 3.57. The number of benzene rings is 2. The minimum absolute atomic E-state index is 0.0375. The van der Waals surface area contributed by atoms with Crippen LogP contribution in [0.4, 0.5) is 0 Å². The zero-order chi connectivity index (χ0) is 17.5. The zero-order valence-corrected chi connectivity index (χ0v) is 13.3. The number of carbonyl (C=O) groups excluding carboxylic acids is 3. The van der Waals surface area contributed by atoms with Gasteiger partial charge in [-0.3, -0.25) is 9.59 Å². The van der Waals surface area contributed by atoms with Gasteiger partial charge in [0.25, 0.3) is 0 Å². The van der Waals surface area contributed by atoms with Crippen molar-refractivity contribution in [2.75, 3.05) is 6.61 Å². The molecule has 0 saturated carbocycles. The SMILES string of the molecule is CCOC(=O)C(=O)C(CC(=O)c1ccccc1)c1ccc(O)cc1. The standard InChI is InChI=1S/C19H18O5/c1-2-24-19(23)18(22)16(13-8-10-15(20)11-9-13)12-17(21)14-6-4-3-5-7-14/h3-11,16,20H,2,12H2,1H3. The highest BCUT2D eigenvalue weighted by atomic mass is 16.5. The first-order chi connectivity index (χ1) is 11.5. The van der Waals surface area contributed by atoms with E-state index in [4.69, 9.17) is 4.74 Å². The van der Waals surface area contributed by atoms with Gasteiger partial charge in [0.2, 0.25) is 5.78 Å². The summed E-state index contributed by atoms with van der Waals surface area (Å²) in [5.41, 5.74) is 0.952. The van der Waals surface area contributed by atoms with Crippen molar-refractivity contribution in [1.29, 1.82) is 0 Å². The van der Waals surface area contributed by atoms with Crippen LogP contribution in [-0.4, -0.2) is 29.2 Å². The molecule has 2 aromatic carbocycles. The van der Waals surface area contributed by atoms with Crippen LogP contribution in [0, 0.1) is 0 Å². The topological polar surface area (TPSA) is 80.7 Å². The highest BCUT2D eigenvalue weighted by Crippen LogP contribution is 2.25. The Bertz CT molecular complexity index is 719. The minimum Gasteiger partial charge on any atom is -0.508 e. The van der Waals surface area contributed by atoms with Crippen LogP contribution in [-0.2, 0) is 14.3 Å². The number of ketones is 2. The van der Waals surface area contributed by atoms with Crippen LogP contribution in [0.5, 0.6) is 5.75 Å². The predicted octanol–water partition coefficient (Wildman–Crippen LogP) is 2.88. The van der Waals surface area contributed by atoms with Gasteiger partial charge in [-0.2, -0.15) is 0 Å². The van der Waals surface area contributed by atoms with Crippen molar-refractivity contribution >= 4 is 17.5 Å². The Morgan fingerprint density at radius 1 is 1.00 bits per heavy atom. The second kappa shape index (κ2) is 8.06. The van der Waals surface area contributed by atoms with Gasteiger partial charge in [0, 0.05) is 12.0 Å². The van der Waals surface area contributed by atoms with Crippen LogP contribution < -0.4 is 0 Å². The Morgan fingerprint density at radius 3 is 2.21 bits per heavy atom. The average molecular weight is 326 g/mol. The normalized spacial score (nSPS) is 11.5. The first kappa shape index (κ1) is 17.4. The summed E-state index contributed by atoms with van der Waals surface area (Å²) in [4.78, 5) is 36.6. The highest BCUT2D eigenvalue weighted by Gasteiger charge is 2.30. The van der Waals surface area contributed by atoms with E-state index in [1.54, 1.807) is 37.3 Å². The maximum absolute atomic E-state index is 12.4. The van der Waals surface area contributed by atoms with Crippen molar-refractivity contribution < 1.29 is 24.2 Å². The number of ether oxygens (including phenoxy) is 1. The maximum atomic E-state index is 12.4. The molecule has 0 aliphatic rings. The van der Waals surface area contributed by atoms with E-state index in [0.29, 0.717) is 11.1 Å². The smallest absolute Gasteiger partial charge is 0.375 e. The largest absolute Gasteiger partial charge is 0.508 e. The summed E-state index contributed by atoms with van der Waals surface area (Å²) in [5.74, 6) is -2.89. The lowest BCUT2D eigenvalue weighted by molar-refractivity contribution is -0.154. The number of esters is 1. The van der Waals surface area contributed by atoms with Crippen molar-refractivity contribution in [1.82, 2.24) is 0 Å². The first-order valence-corrected chi connectivity index (χ1v) is 7.61. The molecule has 0 heterocycles. The lowest BCUT2D eigenvalue weighted by Gasteiger charge is -2.15. The summed E-state index contributed by atoms with van der Waals surface area (Å²) in [6.07, 6.45) is -0.146. The Hall–Kier alpha value is -2.95. The maximum Gasteiger partial charge on any atom is 0.375 e. The molecule has 1 atom stereocenters. The van der Waals surface area contributed by atoms with E-state index >= 15 is 0 Å². The van der Waals surface area contributed by atoms with E-state index < -0.39 is 17.7 Å². The van der Waals surface area contributed by atoms with Gasteiger partial charge in [0.15, 0.2) is 5.78 Å². The molecule has 1 N–H and O–H groups in total. The van der Waals surface area contributed by atoms with Crippen molar-refractivity contribution in [2.24, 2.45) is 0 Å². The van der Waals surface area contributed by atoms with Crippen LogP contribution in [0.15, 0.2) is 54.6 Å². The number of carbonyl (C=O) groups is 3. The van der Waals surface area contributed by atoms with Crippen LogP contribution >= 0.6 is 0 Å². The number of hydrogen-bond acceptors (Lipinski definition) is 5. The Labute approximate surface area is 139 Å². The van der Waals surface area contributed by atoms with Crippen molar-refractivity contribution in [2.45, 2.75) is 19.3 Å². The molecule has 5 heteroatoms. The number of phenols is 1. The van der Waals surface area contributed by atoms with Gasteiger partial charge in [-0.15, -0.1) is 0 Å². The lowest BCUT2D eigenvalue weighted by atomic mass is 9.88. The minimum atomic E-state index is -0.962. The van der Waals surface area contributed by atoms with Gasteiger partial charge < -0.3 is 9.84 Å². The number of Topliss-reactive ketones (excluding diaryl/α,β-unsaturated/α-hetero) is 2. The Morgan fingerprint density at radius 2 is 1.62 bits per heavy atom. The number of phenolic OH excluding ortho intramolecular Hbond substituents is 1. The molecule has 2 aromatic rings. The number of aromatic hydroxyl groups is 1. The summed E-state index contributed by atoms with van der Waals surface area (Å²) >= 11 is 0. The first-order valence-electron chi connectivity index (χ1n) is 7.61. The fourth-order valence-corrected chi connectivity index (χ4v) is 2.34. The van der Waals surface area contributed by atoms with Crippen LogP contribution in [0.2, 0.25) is 0 Å². The Kier molecular flexibility index (Phi) is 5.84. The van der Waals surface area contributed by atoms with Crippen molar-refractivity contribution in [3.8, 4) is 5.75 Å². The third kappa shape index (κ3) is 4.29. The van der Waals surface area contributed by atoms with E-state index in [-0.39, 0.29) is 24.6 Å². The summed E-state index contributed by atoms with van der Waals surface area (Å²) in [5, 5.41) is 9.39. The fourth-order valence-electron chi connectivity index (χ4n) is 2.34. The van der Waals surface area contributed by atoms with E-state index in [1.165, 1.54) is 24.3 Å². The summed E-state index contributed by atoms with van der Waals surface area (Å²) < 4.78 is 4.77. The van der Waals surface area contributed by atoms with Crippen molar-refractivity contribution in [3.63, 3.8) is 0 Å². The van der Waals surface area contributed by atoms with E-state index in [9.17, 15) is 19.5 Å². The molecule has 124 valence electrons. The predicted molar refractivity (Wildman–Crippen MR) is 87.9 cm³/mol. The van der Waals surface area contributed by atoms with Gasteiger partial charge in [0.05, 0.1) is 12.5 Å². The lowest BCUT2D eigenvalue weighted by Crippen LogP contribution is -2.26. The molecule has 2 rings (SSSR count). The molecule has 0 saturated heterocycles.